The predicted molar refractivity (Wildman–Crippen MR) is 86.3 cm³/mol. The molecule has 8 heteroatoms. The molecule has 0 saturated heterocycles. The Morgan fingerprint density at radius 1 is 1.26 bits per heavy atom. The molecule has 0 radical (unpaired) electrons. The zero-order chi connectivity index (χ0) is 17.0. The Hall–Kier alpha value is -2.74. The highest BCUT2D eigenvalue weighted by molar-refractivity contribution is 7.13. The van der Waals surface area contributed by atoms with Crippen LogP contribution in [0.25, 0.3) is 0 Å². The Balaban J connectivity index is 2.25. The van der Waals surface area contributed by atoms with E-state index in [0.717, 1.165) is 11.3 Å². The lowest BCUT2D eigenvalue weighted by atomic mass is 10.1. The van der Waals surface area contributed by atoms with E-state index in [0.29, 0.717) is 5.56 Å². The maximum Gasteiger partial charge on any atom is 0.324 e. The fourth-order valence-corrected chi connectivity index (χ4v) is 2.65. The molecule has 0 spiro atoms. The Kier molecular flexibility index (Phi) is 5.07. The van der Waals surface area contributed by atoms with Crippen LogP contribution in [-0.2, 0) is 4.79 Å². The lowest BCUT2D eigenvalue weighted by Gasteiger charge is -2.21. The number of amides is 2. The normalized spacial score (nSPS) is 11.6. The summed E-state index contributed by atoms with van der Waals surface area (Å²) >= 11 is 0.868. The molecule has 120 valence electrons. The highest BCUT2D eigenvalue weighted by atomic mass is 32.1. The second-order valence-corrected chi connectivity index (χ2v) is 5.87. The lowest BCUT2D eigenvalue weighted by molar-refractivity contribution is -0.380. The van der Waals surface area contributed by atoms with E-state index in [1.165, 1.54) is 16.3 Å². The van der Waals surface area contributed by atoms with E-state index < -0.39 is 16.9 Å². The van der Waals surface area contributed by atoms with Crippen molar-refractivity contribution < 1.29 is 14.5 Å². The van der Waals surface area contributed by atoms with E-state index in [9.17, 15) is 19.7 Å². The molecule has 0 saturated carbocycles. The van der Waals surface area contributed by atoms with Crippen molar-refractivity contribution in [2.24, 2.45) is 0 Å². The molecule has 0 bridgehead atoms. The molecule has 0 unspecified atom stereocenters. The Labute approximate surface area is 136 Å². The number of carbonyl (C=O) groups excluding carboxylic acids is 2. The molecule has 1 N–H and O–H groups in total. The van der Waals surface area contributed by atoms with E-state index in [4.69, 9.17) is 0 Å². The topological polar surface area (TPSA) is 92.6 Å². The smallest absolute Gasteiger partial charge is 0.324 e. The molecule has 2 amide bonds. The SMILES string of the molecule is CN(C)C(=O)[C@@H](NC(=O)c1csc([N+](=O)[O-])c1)c1ccccc1. The van der Waals surface area contributed by atoms with Gasteiger partial charge in [0.2, 0.25) is 5.91 Å². The maximum atomic E-state index is 12.3. The summed E-state index contributed by atoms with van der Waals surface area (Å²) in [6.07, 6.45) is 0. The van der Waals surface area contributed by atoms with Crippen molar-refractivity contribution in [1.82, 2.24) is 10.2 Å². The predicted octanol–water partition coefficient (Wildman–Crippen LogP) is 2.22. The molecule has 1 atom stereocenters. The van der Waals surface area contributed by atoms with Gasteiger partial charge in [-0.15, -0.1) is 0 Å². The number of nitrogens with one attached hydrogen (secondary N) is 1. The van der Waals surface area contributed by atoms with Crippen molar-refractivity contribution in [2.45, 2.75) is 6.04 Å². The number of likely N-dealkylation sites (N-methyl/N-ethyl adjacent to an activating group) is 1. The molecule has 1 aromatic heterocycles. The van der Waals surface area contributed by atoms with Crippen molar-refractivity contribution in [2.75, 3.05) is 14.1 Å². The number of hydrogen-bond acceptors (Lipinski definition) is 5. The monoisotopic (exact) mass is 333 g/mol. The van der Waals surface area contributed by atoms with Crippen LogP contribution in [-0.4, -0.2) is 35.7 Å². The van der Waals surface area contributed by atoms with Gasteiger partial charge >= 0.3 is 5.00 Å². The molecule has 0 aliphatic rings. The molecule has 23 heavy (non-hydrogen) atoms. The van der Waals surface area contributed by atoms with Crippen molar-refractivity contribution in [3.8, 4) is 0 Å². The summed E-state index contributed by atoms with van der Waals surface area (Å²) in [7, 11) is 3.19. The van der Waals surface area contributed by atoms with Crippen LogP contribution in [0.4, 0.5) is 5.00 Å². The zero-order valence-electron chi connectivity index (χ0n) is 12.6. The second kappa shape index (κ2) is 7.01. The summed E-state index contributed by atoms with van der Waals surface area (Å²) in [6.45, 7) is 0. The van der Waals surface area contributed by atoms with E-state index in [2.05, 4.69) is 5.32 Å². The molecule has 2 rings (SSSR count). The maximum absolute atomic E-state index is 12.3. The van der Waals surface area contributed by atoms with E-state index in [-0.39, 0.29) is 16.5 Å². The first-order valence-corrected chi connectivity index (χ1v) is 7.58. The summed E-state index contributed by atoms with van der Waals surface area (Å²) in [5, 5.41) is 14.6. The fraction of sp³-hybridized carbons (Fsp3) is 0.200. The number of rotatable bonds is 5. The van der Waals surface area contributed by atoms with Crippen molar-refractivity contribution in [3.63, 3.8) is 0 Å². The number of nitrogens with zero attached hydrogens (tertiary/aromatic N) is 2. The van der Waals surface area contributed by atoms with E-state index in [1.807, 2.05) is 6.07 Å². The largest absolute Gasteiger partial charge is 0.347 e. The standard InChI is InChI=1S/C15H15N3O4S/c1-17(2)15(20)13(10-6-4-3-5-7-10)16-14(19)11-8-12(18(21)22)23-9-11/h3-9,13H,1-2H3,(H,16,19)/t13-/m0/s1. The van der Waals surface area contributed by atoms with Gasteiger partial charge in [0.15, 0.2) is 0 Å². The first kappa shape index (κ1) is 16.6. The Bertz CT molecular complexity index is 727. The minimum absolute atomic E-state index is 0.120. The van der Waals surface area contributed by atoms with Gasteiger partial charge in [-0.25, -0.2) is 0 Å². The van der Waals surface area contributed by atoms with Gasteiger partial charge in [0, 0.05) is 25.5 Å². The van der Waals surface area contributed by atoms with Crippen molar-refractivity contribution in [1.29, 1.82) is 0 Å². The Morgan fingerprint density at radius 2 is 1.91 bits per heavy atom. The van der Waals surface area contributed by atoms with Gasteiger partial charge in [-0.2, -0.15) is 0 Å². The van der Waals surface area contributed by atoms with E-state index in [1.54, 1.807) is 38.4 Å². The summed E-state index contributed by atoms with van der Waals surface area (Å²) in [4.78, 5) is 36.2. The van der Waals surface area contributed by atoms with Gasteiger partial charge in [0.05, 0.1) is 10.5 Å². The average molecular weight is 333 g/mol. The minimum atomic E-state index is -0.849. The van der Waals surface area contributed by atoms with Gasteiger partial charge in [-0.1, -0.05) is 41.7 Å². The number of carbonyl (C=O) groups is 2. The van der Waals surface area contributed by atoms with E-state index >= 15 is 0 Å². The van der Waals surface area contributed by atoms with Gasteiger partial charge in [-0.05, 0) is 5.56 Å². The fourth-order valence-electron chi connectivity index (χ4n) is 1.95. The molecule has 0 aliphatic heterocycles. The summed E-state index contributed by atoms with van der Waals surface area (Å²) < 4.78 is 0. The van der Waals surface area contributed by atoms with Gasteiger partial charge in [0.25, 0.3) is 5.91 Å². The van der Waals surface area contributed by atoms with Crippen LogP contribution in [0, 0.1) is 10.1 Å². The van der Waals surface area contributed by atoms with Gasteiger partial charge < -0.3 is 10.2 Å². The highest BCUT2D eigenvalue weighted by Gasteiger charge is 2.25. The summed E-state index contributed by atoms with van der Waals surface area (Å²) in [5.41, 5.74) is 0.804. The third-order valence-electron chi connectivity index (χ3n) is 3.12. The van der Waals surface area contributed by atoms with Crippen LogP contribution >= 0.6 is 11.3 Å². The summed E-state index contributed by atoms with van der Waals surface area (Å²) in [5.74, 6) is -0.812. The van der Waals surface area contributed by atoms with Crippen LogP contribution in [0.3, 0.4) is 0 Å². The molecule has 7 nitrogen and oxygen atoms in total. The van der Waals surface area contributed by atoms with Crippen LogP contribution in [0.5, 0.6) is 0 Å². The van der Waals surface area contributed by atoms with Crippen molar-refractivity contribution in [3.05, 3.63) is 63.0 Å². The molecule has 1 heterocycles. The quantitative estimate of drug-likeness (QED) is 0.671. The molecular weight excluding hydrogens is 318 g/mol. The number of benzene rings is 1. The van der Waals surface area contributed by atoms with Crippen molar-refractivity contribution >= 4 is 28.2 Å². The first-order valence-electron chi connectivity index (χ1n) is 6.70. The van der Waals surface area contributed by atoms with Crippen LogP contribution in [0.15, 0.2) is 41.8 Å². The van der Waals surface area contributed by atoms with Crippen LogP contribution in [0.1, 0.15) is 22.0 Å². The third-order valence-corrected chi connectivity index (χ3v) is 4.00. The molecule has 1 aromatic carbocycles. The third kappa shape index (κ3) is 3.92. The van der Waals surface area contributed by atoms with Gasteiger partial charge in [-0.3, -0.25) is 19.7 Å². The number of thiophene rings is 1. The molecular formula is C15H15N3O4S. The Morgan fingerprint density at radius 3 is 2.43 bits per heavy atom. The number of nitro groups is 1. The minimum Gasteiger partial charge on any atom is -0.347 e. The highest BCUT2D eigenvalue weighted by Crippen LogP contribution is 2.23. The second-order valence-electron chi connectivity index (χ2n) is 4.98. The average Bonchev–Trinajstić information content (AvgIpc) is 3.03. The first-order chi connectivity index (χ1) is 10.9. The number of hydrogen-bond donors (Lipinski definition) is 1. The van der Waals surface area contributed by atoms with Crippen LogP contribution in [0.2, 0.25) is 0 Å². The summed E-state index contributed by atoms with van der Waals surface area (Å²) in [6, 6.07) is 9.18. The molecule has 0 fully saturated rings. The van der Waals surface area contributed by atoms with Gasteiger partial charge in [0.1, 0.15) is 6.04 Å². The zero-order valence-corrected chi connectivity index (χ0v) is 13.4. The molecule has 2 aromatic rings. The lowest BCUT2D eigenvalue weighted by Crippen LogP contribution is -2.39. The van der Waals surface area contributed by atoms with Crippen LogP contribution < -0.4 is 5.32 Å². The molecule has 0 aliphatic carbocycles.